The first-order valence-electron chi connectivity index (χ1n) is 6.19. The van der Waals surface area contributed by atoms with Gasteiger partial charge >= 0.3 is 0 Å². The van der Waals surface area contributed by atoms with E-state index < -0.39 is 0 Å². The van der Waals surface area contributed by atoms with Gasteiger partial charge in [0.2, 0.25) is 0 Å². The number of fused-ring (bicyclic) bond motifs is 1. The lowest BCUT2D eigenvalue weighted by atomic mass is 9.99. The average molecular weight is 274 g/mol. The predicted molar refractivity (Wildman–Crippen MR) is 78.6 cm³/mol. The van der Waals surface area contributed by atoms with E-state index in [1.807, 2.05) is 6.07 Å². The molecule has 0 fully saturated rings. The fraction of sp³-hybridized carbons (Fsp3) is 0.286. The zero-order chi connectivity index (χ0) is 13.4. The predicted octanol–water partition coefficient (Wildman–Crippen LogP) is 3.53. The molecule has 2 heterocycles. The van der Waals surface area contributed by atoms with Crippen molar-refractivity contribution in [3.8, 4) is 0 Å². The zero-order valence-electron chi connectivity index (χ0n) is 10.6. The maximum Gasteiger partial charge on any atom is 0.270 e. The van der Waals surface area contributed by atoms with E-state index in [1.165, 1.54) is 5.57 Å². The summed E-state index contributed by atoms with van der Waals surface area (Å²) in [6.07, 6.45) is 3.23. The number of hydrogen-bond acceptors (Lipinski definition) is 4. The van der Waals surface area contributed by atoms with Gasteiger partial charge in [-0.2, -0.15) is 0 Å². The summed E-state index contributed by atoms with van der Waals surface area (Å²) >= 11 is 1.65. The van der Waals surface area contributed by atoms with E-state index in [1.54, 1.807) is 23.5 Å². The van der Waals surface area contributed by atoms with Crippen LogP contribution in [0.2, 0.25) is 0 Å². The number of thiophene rings is 1. The third-order valence-corrected chi connectivity index (χ3v) is 4.49. The average Bonchev–Trinajstić information content (AvgIpc) is 2.82. The Morgan fingerprint density at radius 1 is 1.42 bits per heavy atom. The van der Waals surface area contributed by atoms with Gasteiger partial charge in [0.05, 0.1) is 4.92 Å². The van der Waals surface area contributed by atoms with Crippen molar-refractivity contribution in [3.05, 3.63) is 45.3 Å². The fourth-order valence-corrected chi connectivity index (χ4v) is 3.36. The summed E-state index contributed by atoms with van der Waals surface area (Å²) in [5.74, 6) is 0. The highest BCUT2D eigenvalue weighted by Crippen LogP contribution is 2.35. The van der Waals surface area contributed by atoms with Crippen molar-refractivity contribution in [2.24, 2.45) is 0 Å². The SMILES string of the molecule is CN1CC=C(c2csc3ccc([N+](=O)[O-])cc23)CC1. The quantitative estimate of drug-likeness (QED) is 0.621. The summed E-state index contributed by atoms with van der Waals surface area (Å²) in [4.78, 5) is 12.8. The molecule has 3 rings (SSSR count). The molecule has 5 heteroatoms. The monoisotopic (exact) mass is 274 g/mol. The molecule has 0 bridgehead atoms. The van der Waals surface area contributed by atoms with Gasteiger partial charge in [-0.1, -0.05) is 6.08 Å². The van der Waals surface area contributed by atoms with E-state index in [2.05, 4.69) is 23.4 Å². The normalized spacial score (nSPS) is 16.6. The number of rotatable bonds is 2. The smallest absolute Gasteiger partial charge is 0.270 e. The van der Waals surface area contributed by atoms with Crippen molar-refractivity contribution in [1.29, 1.82) is 0 Å². The van der Waals surface area contributed by atoms with Crippen LogP contribution >= 0.6 is 11.3 Å². The van der Waals surface area contributed by atoms with E-state index in [0.717, 1.165) is 35.2 Å². The lowest BCUT2D eigenvalue weighted by Gasteiger charge is -2.21. The van der Waals surface area contributed by atoms with Gasteiger partial charge < -0.3 is 4.90 Å². The summed E-state index contributed by atoms with van der Waals surface area (Å²) in [5.41, 5.74) is 2.64. The van der Waals surface area contributed by atoms with Crippen LogP contribution in [0.3, 0.4) is 0 Å². The number of nitrogens with zero attached hydrogens (tertiary/aromatic N) is 2. The molecule has 19 heavy (non-hydrogen) atoms. The highest BCUT2D eigenvalue weighted by Gasteiger charge is 2.15. The molecule has 4 nitrogen and oxygen atoms in total. The molecular formula is C14H14N2O2S. The lowest BCUT2D eigenvalue weighted by molar-refractivity contribution is -0.384. The highest BCUT2D eigenvalue weighted by atomic mass is 32.1. The van der Waals surface area contributed by atoms with Crippen LogP contribution in [0.1, 0.15) is 12.0 Å². The van der Waals surface area contributed by atoms with Crippen molar-refractivity contribution >= 4 is 32.7 Å². The van der Waals surface area contributed by atoms with Gasteiger partial charge in [-0.3, -0.25) is 10.1 Å². The Bertz CT molecular complexity index is 675. The Morgan fingerprint density at radius 2 is 2.26 bits per heavy atom. The number of benzene rings is 1. The van der Waals surface area contributed by atoms with E-state index in [0.29, 0.717) is 0 Å². The minimum absolute atomic E-state index is 0.167. The van der Waals surface area contributed by atoms with Crippen molar-refractivity contribution < 1.29 is 4.92 Å². The number of hydrogen-bond donors (Lipinski definition) is 0. The van der Waals surface area contributed by atoms with Gasteiger partial charge in [-0.25, -0.2) is 0 Å². The molecular weight excluding hydrogens is 260 g/mol. The first kappa shape index (κ1) is 12.3. The summed E-state index contributed by atoms with van der Waals surface area (Å²) in [5, 5.41) is 14.0. The molecule has 0 aliphatic carbocycles. The first-order valence-corrected chi connectivity index (χ1v) is 7.07. The first-order chi connectivity index (χ1) is 9.15. The maximum atomic E-state index is 10.9. The third kappa shape index (κ3) is 2.27. The molecule has 0 saturated carbocycles. The Labute approximate surface area is 115 Å². The van der Waals surface area contributed by atoms with Crippen LogP contribution in [0.15, 0.2) is 29.7 Å². The molecule has 0 atom stereocenters. The van der Waals surface area contributed by atoms with Crippen LogP contribution in [0.5, 0.6) is 0 Å². The number of likely N-dealkylation sites (N-methyl/N-ethyl adjacent to an activating group) is 1. The summed E-state index contributed by atoms with van der Waals surface area (Å²) in [6, 6.07) is 5.11. The van der Waals surface area contributed by atoms with Crippen molar-refractivity contribution in [3.63, 3.8) is 0 Å². The van der Waals surface area contributed by atoms with Gasteiger partial charge in [0, 0.05) is 35.3 Å². The van der Waals surface area contributed by atoms with Crippen LogP contribution < -0.4 is 0 Å². The molecule has 1 aromatic heterocycles. The van der Waals surface area contributed by atoms with Gasteiger partial charge in [0.25, 0.3) is 5.69 Å². The minimum atomic E-state index is -0.329. The second kappa shape index (κ2) is 4.75. The Balaban J connectivity index is 2.09. The van der Waals surface area contributed by atoms with Crippen molar-refractivity contribution in [2.75, 3.05) is 20.1 Å². The van der Waals surface area contributed by atoms with Gasteiger partial charge in [0.1, 0.15) is 0 Å². The van der Waals surface area contributed by atoms with Crippen LogP contribution in [-0.4, -0.2) is 30.0 Å². The molecule has 1 aliphatic heterocycles. The van der Waals surface area contributed by atoms with Crippen LogP contribution in [0.4, 0.5) is 5.69 Å². The second-order valence-electron chi connectivity index (χ2n) is 4.83. The van der Waals surface area contributed by atoms with E-state index in [9.17, 15) is 10.1 Å². The Hall–Kier alpha value is -1.72. The molecule has 1 aliphatic rings. The standard InChI is InChI=1S/C14H14N2O2S/c1-15-6-4-10(5-7-15)13-9-19-14-3-2-11(16(17)18)8-12(13)14/h2-4,8-9H,5-7H2,1H3. The molecule has 0 spiro atoms. The largest absolute Gasteiger partial charge is 0.302 e. The lowest BCUT2D eigenvalue weighted by Crippen LogP contribution is -2.23. The zero-order valence-corrected chi connectivity index (χ0v) is 11.4. The minimum Gasteiger partial charge on any atom is -0.302 e. The molecule has 2 aromatic rings. The van der Waals surface area contributed by atoms with Gasteiger partial charge in [0.15, 0.2) is 0 Å². The van der Waals surface area contributed by atoms with Crippen LogP contribution in [0.25, 0.3) is 15.7 Å². The van der Waals surface area contributed by atoms with Crippen LogP contribution in [0, 0.1) is 10.1 Å². The number of non-ortho nitro benzene ring substituents is 1. The van der Waals surface area contributed by atoms with E-state index >= 15 is 0 Å². The van der Waals surface area contributed by atoms with Crippen LogP contribution in [-0.2, 0) is 0 Å². The molecule has 0 unspecified atom stereocenters. The van der Waals surface area contributed by atoms with Crippen molar-refractivity contribution in [2.45, 2.75) is 6.42 Å². The Kier molecular flexibility index (Phi) is 3.08. The fourth-order valence-electron chi connectivity index (χ4n) is 2.39. The highest BCUT2D eigenvalue weighted by molar-refractivity contribution is 7.17. The van der Waals surface area contributed by atoms with Gasteiger partial charge in [-0.05, 0) is 36.1 Å². The van der Waals surface area contributed by atoms with E-state index in [-0.39, 0.29) is 10.6 Å². The third-order valence-electron chi connectivity index (χ3n) is 3.53. The van der Waals surface area contributed by atoms with E-state index in [4.69, 9.17) is 0 Å². The molecule has 0 amide bonds. The maximum absolute atomic E-state index is 10.9. The molecule has 98 valence electrons. The summed E-state index contributed by atoms with van der Waals surface area (Å²) in [7, 11) is 2.10. The Morgan fingerprint density at radius 3 is 2.95 bits per heavy atom. The second-order valence-corrected chi connectivity index (χ2v) is 5.74. The summed E-state index contributed by atoms with van der Waals surface area (Å²) in [6.45, 7) is 1.99. The molecule has 0 radical (unpaired) electrons. The molecule has 0 N–H and O–H groups in total. The summed E-state index contributed by atoms with van der Waals surface area (Å²) < 4.78 is 1.11. The number of nitro benzene ring substituents is 1. The van der Waals surface area contributed by atoms with Gasteiger partial charge in [-0.15, -0.1) is 11.3 Å². The topological polar surface area (TPSA) is 46.4 Å². The molecule has 1 aromatic carbocycles. The van der Waals surface area contributed by atoms with Crippen molar-refractivity contribution in [1.82, 2.24) is 4.90 Å². The molecule has 0 saturated heterocycles. The number of nitro groups is 1.